The number of anilines is 1. The number of aryl methyl sites for hydroxylation is 1. The monoisotopic (exact) mass is 476 g/mol. The van der Waals surface area contributed by atoms with Crippen LogP contribution >= 0.6 is 0 Å². The van der Waals surface area contributed by atoms with Gasteiger partial charge in [-0.25, -0.2) is 9.37 Å². The maximum Gasteiger partial charge on any atom is 0.416 e. The van der Waals surface area contributed by atoms with Crippen LogP contribution in [0, 0.1) is 18.2 Å². The molecular weight excluding hydrogens is 457 g/mol. The minimum atomic E-state index is -5.24. The number of nitrogens with zero attached hydrogens (tertiary/aromatic N) is 2. The van der Waals surface area contributed by atoms with Crippen LogP contribution in [0.2, 0.25) is 0 Å². The van der Waals surface area contributed by atoms with Crippen molar-refractivity contribution in [1.29, 1.82) is 5.41 Å². The summed E-state index contributed by atoms with van der Waals surface area (Å²) >= 11 is 0. The highest BCUT2D eigenvalue weighted by Gasteiger charge is 2.40. The van der Waals surface area contributed by atoms with Crippen LogP contribution in [0.4, 0.5) is 36.6 Å². The van der Waals surface area contributed by atoms with Gasteiger partial charge in [0.15, 0.2) is 0 Å². The van der Waals surface area contributed by atoms with Crippen molar-refractivity contribution in [1.82, 2.24) is 4.98 Å². The molecule has 2 rings (SSSR count). The summed E-state index contributed by atoms with van der Waals surface area (Å²) in [6.07, 6.45) is -10.2. The number of nitrogens with two attached hydrogens (primary N) is 1. The molecule has 0 aliphatic heterocycles. The summed E-state index contributed by atoms with van der Waals surface area (Å²) < 4.78 is 94.7. The van der Waals surface area contributed by atoms with Gasteiger partial charge in [0.05, 0.1) is 23.2 Å². The number of aromatic nitrogens is 1. The van der Waals surface area contributed by atoms with E-state index in [1.165, 1.54) is 13.8 Å². The van der Waals surface area contributed by atoms with Crippen LogP contribution in [0.3, 0.4) is 0 Å². The van der Waals surface area contributed by atoms with Crippen LogP contribution < -0.4 is 10.6 Å². The van der Waals surface area contributed by atoms with Gasteiger partial charge < -0.3 is 11.1 Å². The number of pyridine rings is 1. The third-order valence-corrected chi connectivity index (χ3v) is 4.76. The third-order valence-electron chi connectivity index (χ3n) is 4.76. The standard InChI is InChI=1S/C21H19F7N4O/c1-3-32(18-5-4-17(22)11(2)31-18)19(33)8-15-14(12(9-29)10-30)6-13(20(23,24)25)7-16(15)21(26,27)28/h4-7,9-10,29H,3,8,30H2,1-2H3/b12-10+,29-9?. The lowest BCUT2D eigenvalue weighted by atomic mass is 9.90. The number of alkyl halides is 6. The molecule has 5 nitrogen and oxygen atoms in total. The molecule has 1 heterocycles. The first kappa shape index (κ1) is 25.8. The van der Waals surface area contributed by atoms with Crippen molar-refractivity contribution in [3.05, 3.63) is 64.2 Å². The normalized spacial score (nSPS) is 12.6. The predicted molar refractivity (Wildman–Crippen MR) is 108 cm³/mol. The smallest absolute Gasteiger partial charge is 0.404 e. The maximum absolute atomic E-state index is 13.8. The Hall–Kier alpha value is -3.44. The van der Waals surface area contributed by atoms with Gasteiger partial charge >= 0.3 is 12.4 Å². The topological polar surface area (TPSA) is 83.1 Å². The fraction of sp³-hybridized carbons (Fsp3) is 0.286. The molecule has 0 fully saturated rings. The number of halogens is 7. The second-order valence-electron chi connectivity index (χ2n) is 6.86. The first-order valence-corrected chi connectivity index (χ1v) is 9.42. The Morgan fingerprint density at radius 1 is 1.15 bits per heavy atom. The summed E-state index contributed by atoms with van der Waals surface area (Å²) in [7, 11) is 0. The molecule has 0 atom stereocenters. The van der Waals surface area contributed by atoms with E-state index < -0.39 is 58.3 Å². The van der Waals surface area contributed by atoms with E-state index in [2.05, 4.69) is 4.98 Å². The van der Waals surface area contributed by atoms with Crippen molar-refractivity contribution in [2.45, 2.75) is 32.6 Å². The second-order valence-corrected chi connectivity index (χ2v) is 6.86. The lowest BCUT2D eigenvalue weighted by Gasteiger charge is -2.24. The van der Waals surface area contributed by atoms with Crippen LogP contribution in [-0.4, -0.2) is 23.7 Å². The molecule has 178 valence electrons. The molecule has 1 amide bonds. The number of carbonyl (C=O) groups is 1. The van der Waals surface area contributed by atoms with E-state index in [1.807, 2.05) is 0 Å². The van der Waals surface area contributed by atoms with Gasteiger partial charge in [0, 0.05) is 24.5 Å². The average Bonchev–Trinajstić information content (AvgIpc) is 2.71. The largest absolute Gasteiger partial charge is 0.416 e. The molecule has 3 N–H and O–H groups in total. The molecule has 12 heteroatoms. The van der Waals surface area contributed by atoms with Crippen molar-refractivity contribution < 1.29 is 35.5 Å². The molecule has 1 aromatic carbocycles. The van der Waals surface area contributed by atoms with Gasteiger partial charge in [0.2, 0.25) is 5.91 Å². The number of benzene rings is 1. The Morgan fingerprint density at radius 2 is 1.79 bits per heavy atom. The summed E-state index contributed by atoms with van der Waals surface area (Å²) in [5.41, 5.74) is 0.118. The number of amides is 1. The molecule has 0 saturated heterocycles. The van der Waals surface area contributed by atoms with E-state index in [9.17, 15) is 35.5 Å². The number of hydrogen-bond donors (Lipinski definition) is 2. The highest BCUT2D eigenvalue weighted by Crippen LogP contribution is 2.40. The molecule has 0 radical (unpaired) electrons. The zero-order chi connectivity index (χ0) is 25.1. The Morgan fingerprint density at radius 3 is 2.24 bits per heavy atom. The van der Waals surface area contributed by atoms with Crippen molar-refractivity contribution in [2.75, 3.05) is 11.4 Å². The molecular formula is C21H19F7N4O. The molecule has 2 aromatic rings. The predicted octanol–water partition coefficient (Wildman–Crippen LogP) is 5.11. The summed E-state index contributed by atoms with van der Waals surface area (Å²) in [4.78, 5) is 17.8. The number of nitrogens with one attached hydrogen (secondary N) is 1. The van der Waals surface area contributed by atoms with E-state index in [4.69, 9.17) is 11.1 Å². The molecule has 33 heavy (non-hydrogen) atoms. The van der Waals surface area contributed by atoms with Crippen molar-refractivity contribution in [3.63, 3.8) is 0 Å². The molecule has 0 saturated carbocycles. The minimum absolute atomic E-state index is 0.0370. The summed E-state index contributed by atoms with van der Waals surface area (Å²) in [6, 6.07) is 2.52. The van der Waals surface area contributed by atoms with E-state index in [0.29, 0.717) is 18.5 Å². The number of hydrogen-bond acceptors (Lipinski definition) is 4. The van der Waals surface area contributed by atoms with Gasteiger partial charge in [-0.1, -0.05) is 0 Å². The summed E-state index contributed by atoms with van der Waals surface area (Å²) in [6.45, 7) is 2.77. The lowest BCUT2D eigenvalue weighted by Crippen LogP contribution is -2.34. The van der Waals surface area contributed by atoms with Gasteiger partial charge in [-0.2, -0.15) is 26.3 Å². The van der Waals surface area contributed by atoms with E-state index in [0.717, 1.165) is 17.0 Å². The minimum Gasteiger partial charge on any atom is -0.404 e. The Kier molecular flexibility index (Phi) is 7.50. The molecule has 0 aliphatic rings. The maximum atomic E-state index is 13.8. The zero-order valence-electron chi connectivity index (χ0n) is 17.4. The zero-order valence-corrected chi connectivity index (χ0v) is 17.4. The SMILES string of the molecule is CCN(C(=O)Cc1c(/C(C=N)=C/N)cc(C(F)(F)F)cc1C(F)(F)F)c1ccc(F)c(C)n1. The van der Waals surface area contributed by atoms with Crippen LogP contribution in [-0.2, 0) is 23.6 Å². The fourth-order valence-electron chi connectivity index (χ4n) is 3.15. The number of rotatable bonds is 6. The first-order chi connectivity index (χ1) is 15.2. The molecule has 0 unspecified atom stereocenters. The summed E-state index contributed by atoms with van der Waals surface area (Å²) in [5.74, 6) is -1.62. The second kappa shape index (κ2) is 9.59. The summed E-state index contributed by atoms with van der Waals surface area (Å²) in [5, 5.41) is 7.35. The fourth-order valence-corrected chi connectivity index (χ4v) is 3.15. The van der Waals surface area contributed by atoms with Crippen LogP contribution in [0.25, 0.3) is 5.57 Å². The van der Waals surface area contributed by atoms with Crippen LogP contribution in [0.1, 0.15) is 34.9 Å². The van der Waals surface area contributed by atoms with Crippen LogP contribution in [0.15, 0.2) is 30.5 Å². The average molecular weight is 476 g/mol. The van der Waals surface area contributed by atoms with Crippen molar-refractivity contribution >= 4 is 23.5 Å². The Bertz CT molecular complexity index is 1090. The van der Waals surface area contributed by atoms with E-state index in [1.54, 1.807) is 0 Å². The first-order valence-electron chi connectivity index (χ1n) is 9.42. The van der Waals surface area contributed by atoms with Gasteiger partial charge in [0.25, 0.3) is 0 Å². The molecule has 0 aliphatic carbocycles. The molecule has 0 bridgehead atoms. The van der Waals surface area contributed by atoms with E-state index >= 15 is 0 Å². The Balaban J connectivity index is 2.71. The number of allylic oxidation sites excluding steroid dienone is 1. The highest BCUT2D eigenvalue weighted by molar-refractivity contribution is 6.09. The lowest BCUT2D eigenvalue weighted by molar-refractivity contribution is -0.143. The highest BCUT2D eigenvalue weighted by atomic mass is 19.4. The van der Waals surface area contributed by atoms with Gasteiger partial charge in [-0.05, 0) is 49.2 Å². The Labute approximate surface area is 184 Å². The van der Waals surface area contributed by atoms with Crippen molar-refractivity contribution in [2.24, 2.45) is 5.73 Å². The number of likely N-dealkylation sites (N-methyl/N-ethyl adjacent to an activating group) is 1. The van der Waals surface area contributed by atoms with Gasteiger partial charge in [-0.3, -0.25) is 9.69 Å². The molecule has 1 aromatic heterocycles. The third kappa shape index (κ3) is 5.68. The quantitative estimate of drug-likeness (QED) is 0.449. The van der Waals surface area contributed by atoms with Crippen molar-refractivity contribution in [3.8, 4) is 0 Å². The van der Waals surface area contributed by atoms with Gasteiger partial charge in [-0.15, -0.1) is 0 Å². The van der Waals surface area contributed by atoms with Crippen LogP contribution in [0.5, 0.6) is 0 Å². The number of carbonyl (C=O) groups excluding carboxylic acids is 1. The van der Waals surface area contributed by atoms with Gasteiger partial charge in [0.1, 0.15) is 11.6 Å². The molecule has 0 spiro atoms. The van der Waals surface area contributed by atoms with E-state index in [-0.39, 0.29) is 24.1 Å².